The Balaban J connectivity index is 1.84. The first-order chi connectivity index (χ1) is 13.9. The zero-order valence-corrected chi connectivity index (χ0v) is 17.5. The lowest BCUT2D eigenvalue weighted by Crippen LogP contribution is -2.70. The Labute approximate surface area is 174 Å². The highest BCUT2D eigenvalue weighted by Gasteiger charge is 2.61. The molecule has 4 rings (SSSR count). The van der Waals surface area contributed by atoms with Gasteiger partial charge < -0.3 is 10.2 Å². The van der Waals surface area contributed by atoms with Crippen molar-refractivity contribution in [1.82, 2.24) is 4.90 Å². The normalized spacial score (nSPS) is 20.7. The van der Waals surface area contributed by atoms with Crippen LogP contribution < -0.4 is 10.2 Å². The number of fused-ring (bicyclic) bond motifs is 3. The highest BCUT2D eigenvalue weighted by molar-refractivity contribution is 7.98. The molecule has 2 aromatic carbocycles. The maximum atomic E-state index is 13.7. The Morgan fingerprint density at radius 3 is 2.62 bits per heavy atom. The van der Waals surface area contributed by atoms with Crippen molar-refractivity contribution in [2.75, 3.05) is 16.5 Å². The summed E-state index contributed by atoms with van der Waals surface area (Å²) >= 11 is 1.58. The molecule has 6 nitrogen and oxygen atoms in total. The van der Waals surface area contributed by atoms with Crippen LogP contribution in [0.5, 0.6) is 0 Å². The first kappa shape index (κ1) is 19.5. The summed E-state index contributed by atoms with van der Waals surface area (Å²) in [5, 5.41) is 2.97. The Bertz CT molecular complexity index is 1010. The zero-order chi connectivity index (χ0) is 20.8. The molecule has 0 bridgehead atoms. The second-order valence-electron chi connectivity index (χ2n) is 7.52. The number of amides is 3. The summed E-state index contributed by atoms with van der Waals surface area (Å²) in [5.41, 5.74) is 0.228. The largest absolute Gasteiger partial charge is 0.322 e. The number of para-hydroxylation sites is 1. The molecule has 29 heavy (non-hydrogen) atoms. The molecule has 2 heterocycles. The molecule has 0 saturated carbocycles. The van der Waals surface area contributed by atoms with E-state index in [0.29, 0.717) is 16.9 Å². The van der Waals surface area contributed by atoms with Gasteiger partial charge in [-0.3, -0.25) is 19.3 Å². The minimum atomic E-state index is -1.37. The van der Waals surface area contributed by atoms with Gasteiger partial charge in [-0.15, -0.1) is 11.8 Å². The van der Waals surface area contributed by atoms with Gasteiger partial charge in [-0.25, -0.2) is 0 Å². The molecule has 1 saturated heterocycles. The second kappa shape index (κ2) is 7.22. The molecular formula is C22H23N3O3S. The van der Waals surface area contributed by atoms with Crippen LogP contribution in [0.3, 0.4) is 0 Å². The average Bonchev–Trinajstić information content (AvgIpc) is 3.06. The standard InChI is InChI=1S/C22H23N3O3S/c1-14(2)24-20(27)17-9-4-5-10-18(17)25-19(26)11-12-22(24,25)21(28)23-15-7-6-8-16(13-15)29-3/h4-10,13-14H,11-12H2,1-3H3,(H,23,28). The molecule has 2 aliphatic rings. The number of hydrogen-bond acceptors (Lipinski definition) is 4. The Kier molecular flexibility index (Phi) is 4.86. The van der Waals surface area contributed by atoms with Crippen molar-refractivity contribution in [3.05, 3.63) is 54.1 Å². The zero-order valence-electron chi connectivity index (χ0n) is 16.6. The fourth-order valence-corrected chi connectivity index (χ4v) is 4.80. The van der Waals surface area contributed by atoms with Crippen molar-refractivity contribution in [3.8, 4) is 0 Å². The SMILES string of the molecule is CSc1cccc(NC(=O)C23CCC(=O)N2c2ccccc2C(=O)N3C(C)C)c1. The monoisotopic (exact) mass is 409 g/mol. The van der Waals surface area contributed by atoms with Crippen LogP contribution in [0.25, 0.3) is 0 Å². The third-order valence-corrected chi connectivity index (χ3v) is 6.23. The van der Waals surface area contributed by atoms with Gasteiger partial charge in [0.2, 0.25) is 11.6 Å². The van der Waals surface area contributed by atoms with E-state index < -0.39 is 5.66 Å². The smallest absolute Gasteiger partial charge is 0.271 e. The predicted molar refractivity (Wildman–Crippen MR) is 114 cm³/mol. The van der Waals surface area contributed by atoms with Crippen LogP contribution in [-0.4, -0.2) is 40.6 Å². The van der Waals surface area contributed by atoms with Crippen LogP contribution in [0.2, 0.25) is 0 Å². The molecule has 1 fully saturated rings. The van der Waals surface area contributed by atoms with E-state index in [-0.39, 0.29) is 36.6 Å². The van der Waals surface area contributed by atoms with E-state index in [9.17, 15) is 14.4 Å². The summed E-state index contributed by atoms with van der Waals surface area (Å²) in [6.07, 6.45) is 2.44. The van der Waals surface area contributed by atoms with Gasteiger partial charge in [0.05, 0.1) is 11.3 Å². The number of benzene rings is 2. The molecule has 1 atom stereocenters. The molecule has 1 N–H and O–H groups in total. The van der Waals surface area contributed by atoms with Gasteiger partial charge in [0.1, 0.15) is 0 Å². The number of carbonyl (C=O) groups excluding carboxylic acids is 3. The number of carbonyl (C=O) groups is 3. The summed E-state index contributed by atoms with van der Waals surface area (Å²) in [6, 6.07) is 14.3. The number of rotatable bonds is 4. The molecule has 0 aromatic heterocycles. The molecule has 2 aromatic rings. The van der Waals surface area contributed by atoms with Gasteiger partial charge >= 0.3 is 0 Å². The summed E-state index contributed by atoms with van der Waals surface area (Å²) in [4.78, 5) is 44.1. The van der Waals surface area contributed by atoms with Crippen molar-refractivity contribution < 1.29 is 14.4 Å². The number of nitrogens with zero attached hydrogens (tertiary/aromatic N) is 2. The van der Waals surface area contributed by atoms with E-state index in [1.807, 2.05) is 44.4 Å². The summed E-state index contributed by atoms with van der Waals surface area (Å²) < 4.78 is 0. The lowest BCUT2D eigenvalue weighted by Gasteiger charge is -2.50. The molecule has 2 aliphatic heterocycles. The number of thioether (sulfide) groups is 1. The van der Waals surface area contributed by atoms with Crippen molar-refractivity contribution in [1.29, 1.82) is 0 Å². The average molecular weight is 410 g/mol. The van der Waals surface area contributed by atoms with Crippen molar-refractivity contribution in [2.24, 2.45) is 0 Å². The maximum Gasteiger partial charge on any atom is 0.271 e. The van der Waals surface area contributed by atoms with Gasteiger partial charge in [0.15, 0.2) is 0 Å². The fraction of sp³-hybridized carbons (Fsp3) is 0.318. The van der Waals surface area contributed by atoms with Gasteiger partial charge in [-0.1, -0.05) is 18.2 Å². The molecule has 150 valence electrons. The van der Waals surface area contributed by atoms with Crippen LogP contribution in [0.1, 0.15) is 37.0 Å². The molecule has 3 amide bonds. The lowest BCUT2D eigenvalue weighted by molar-refractivity contribution is -0.129. The maximum absolute atomic E-state index is 13.7. The van der Waals surface area contributed by atoms with E-state index in [4.69, 9.17) is 0 Å². The number of anilines is 2. The van der Waals surface area contributed by atoms with E-state index in [0.717, 1.165) is 4.90 Å². The molecular weight excluding hydrogens is 386 g/mol. The van der Waals surface area contributed by atoms with Crippen LogP contribution in [0.4, 0.5) is 11.4 Å². The van der Waals surface area contributed by atoms with Crippen LogP contribution in [-0.2, 0) is 9.59 Å². The lowest BCUT2D eigenvalue weighted by atomic mass is 9.94. The third-order valence-electron chi connectivity index (χ3n) is 5.51. The Morgan fingerprint density at radius 1 is 1.14 bits per heavy atom. The molecule has 1 unspecified atom stereocenters. The van der Waals surface area contributed by atoms with E-state index in [2.05, 4.69) is 5.32 Å². The summed E-state index contributed by atoms with van der Waals surface area (Å²) in [6.45, 7) is 3.74. The Hall–Kier alpha value is -2.80. The van der Waals surface area contributed by atoms with Crippen molar-refractivity contribution in [2.45, 2.75) is 43.3 Å². The summed E-state index contributed by atoms with van der Waals surface area (Å²) in [7, 11) is 0. The molecule has 0 aliphatic carbocycles. The minimum absolute atomic E-state index is 0.149. The predicted octanol–water partition coefficient (Wildman–Crippen LogP) is 3.73. The number of nitrogens with one attached hydrogen (secondary N) is 1. The highest BCUT2D eigenvalue weighted by Crippen LogP contribution is 2.45. The Morgan fingerprint density at radius 2 is 1.90 bits per heavy atom. The quantitative estimate of drug-likeness (QED) is 0.781. The third kappa shape index (κ3) is 2.92. The number of hydrogen-bond donors (Lipinski definition) is 1. The van der Waals surface area contributed by atoms with E-state index in [1.165, 1.54) is 4.90 Å². The summed E-state index contributed by atoms with van der Waals surface area (Å²) in [5.74, 6) is -0.740. The van der Waals surface area contributed by atoms with Gasteiger partial charge in [-0.05, 0) is 50.4 Å². The topological polar surface area (TPSA) is 69.7 Å². The molecule has 0 spiro atoms. The second-order valence-corrected chi connectivity index (χ2v) is 8.40. The first-order valence-electron chi connectivity index (χ1n) is 9.61. The highest BCUT2D eigenvalue weighted by atomic mass is 32.2. The van der Waals surface area contributed by atoms with Crippen LogP contribution in [0.15, 0.2) is 53.4 Å². The first-order valence-corrected chi connectivity index (χ1v) is 10.8. The van der Waals surface area contributed by atoms with Gasteiger partial charge in [0.25, 0.3) is 11.8 Å². The van der Waals surface area contributed by atoms with Gasteiger partial charge in [0, 0.05) is 29.5 Å². The van der Waals surface area contributed by atoms with Crippen LogP contribution >= 0.6 is 11.8 Å². The van der Waals surface area contributed by atoms with E-state index in [1.54, 1.807) is 40.9 Å². The minimum Gasteiger partial charge on any atom is -0.322 e. The van der Waals surface area contributed by atoms with Crippen molar-refractivity contribution in [3.63, 3.8) is 0 Å². The van der Waals surface area contributed by atoms with Crippen LogP contribution in [0, 0.1) is 0 Å². The fourth-order valence-electron chi connectivity index (χ4n) is 4.34. The van der Waals surface area contributed by atoms with Crippen molar-refractivity contribution >= 4 is 40.9 Å². The molecule has 7 heteroatoms. The van der Waals surface area contributed by atoms with E-state index >= 15 is 0 Å². The molecule has 0 radical (unpaired) electrons. The van der Waals surface area contributed by atoms with Gasteiger partial charge in [-0.2, -0.15) is 0 Å².